The number of nitrogens with zero attached hydrogens (tertiary/aromatic N) is 1. The normalized spacial score (nSPS) is 10.2. The lowest BCUT2D eigenvalue weighted by Crippen LogP contribution is -2.38. The number of para-hydroxylation sites is 4. The Balaban J connectivity index is 1.54. The number of hydrogen-bond acceptors (Lipinski definition) is 4. The summed E-state index contributed by atoms with van der Waals surface area (Å²) in [5.41, 5.74) is 1.19. The van der Waals surface area contributed by atoms with Gasteiger partial charge in [-0.25, -0.2) is 0 Å². The average Bonchev–Trinajstić information content (AvgIpc) is 2.75. The lowest BCUT2D eigenvalue weighted by Gasteiger charge is -2.18. The minimum atomic E-state index is -0.327. The highest BCUT2D eigenvalue weighted by Crippen LogP contribution is 2.28. The Morgan fingerprint density at radius 2 is 1.53 bits per heavy atom. The molecule has 0 aromatic heterocycles. The quantitative estimate of drug-likeness (QED) is 0.553. The summed E-state index contributed by atoms with van der Waals surface area (Å²) in [7, 11) is 1.57. The molecule has 3 aromatic rings. The predicted octanol–water partition coefficient (Wildman–Crippen LogP) is 4.64. The molecule has 0 saturated carbocycles. The highest BCUT2D eigenvalue weighted by Gasteiger charge is 2.14. The van der Waals surface area contributed by atoms with Gasteiger partial charge in [-0.05, 0) is 36.4 Å². The van der Waals surface area contributed by atoms with E-state index in [4.69, 9.17) is 16.3 Å². The molecule has 154 valence electrons. The summed E-state index contributed by atoms with van der Waals surface area (Å²) in [6.07, 6.45) is 0. The Labute approximate surface area is 180 Å². The Morgan fingerprint density at radius 3 is 2.27 bits per heavy atom. The molecule has 0 heterocycles. The van der Waals surface area contributed by atoms with E-state index in [1.54, 1.807) is 31.3 Å². The summed E-state index contributed by atoms with van der Waals surface area (Å²) >= 11 is 6.04. The minimum Gasteiger partial charge on any atom is -0.455 e. The van der Waals surface area contributed by atoms with Crippen LogP contribution in [-0.2, 0) is 9.59 Å². The van der Waals surface area contributed by atoms with E-state index in [1.807, 2.05) is 54.6 Å². The van der Waals surface area contributed by atoms with Crippen molar-refractivity contribution in [3.63, 3.8) is 0 Å². The van der Waals surface area contributed by atoms with E-state index in [1.165, 1.54) is 4.90 Å². The second-order valence-electron chi connectivity index (χ2n) is 6.54. The van der Waals surface area contributed by atoms with Crippen LogP contribution in [0.2, 0.25) is 5.02 Å². The summed E-state index contributed by atoms with van der Waals surface area (Å²) < 4.78 is 5.88. The SMILES string of the molecule is CN(CC(=O)Nc1ccccc1Cl)C(=O)CNc1ccccc1Oc1ccccc1. The summed E-state index contributed by atoms with van der Waals surface area (Å²) in [4.78, 5) is 26.0. The van der Waals surface area contributed by atoms with Crippen LogP contribution in [-0.4, -0.2) is 36.9 Å². The zero-order valence-electron chi connectivity index (χ0n) is 16.5. The van der Waals surface area contributed by atoms with Gasteiger partial charge in [0.1, 0.15) is 5.75 Å². The molecular weight excluding hydrogens is 402 g/mol. The molecule has 2 N–H and O–H groups in total. The lowest BCUT2D eigenvalue weighted by atomic mass is 10.2. The summed E-state index contributed by atoms with van der Waals surface area (Å²) in [5, 5.41) is 6.22. The van der Waals surface area contributed by atoms with E-state index in [9.17, 15) is 9.59 Å². The number of rotatable bonds is 8. The van der Waals surface area contributed by atoms with Gasteiger partial charge in [-0.1, -0.05) is 54.1 Å². The molecule has 0 bridgehead atoms. The fourth-order valence-corrected chi connectivity index (χ4v) is 2.86. The van der Waals surface area contributed by atoms with Crippen LogP contribution in [0.1, 0.15) is 0 Å². The van der Waals surface area contributed by atoms with Crippen LogP contribution in [0.4, 0.5) is 11.4 Å². The van der Waals surface area contributed by atoms with Crippen molar-refractivity contribution in [1.29, 1.82) is 0 Å². The fraction of sp³-hybridized carbons (Fsp3) is 0.130. The summed E-state index contributed by atoms with van der Waals surface area (Å²) in [6.45, 7) is -0.0705. The standard InChI is InChI=1S/C23H22ClN3O3/c1-27(16-22(28)26-19-12-6-5-11-18(19)24)23(29)15-25-20-13-7-8-14-21(20)30-17-9-3-2-4-10-17/h2-14,25H,15-16H2,1H3,(H,26,28). The molecule has 0 atom stereocenters. The van der Waals surface area contributed by atoms with Crippen LogP contribution >= 0.6 is 11.6 Å². The number of likely N-dealkylation sites (N-methyl/N-ethyl adjacent to an activating group) is 1. The third-order valence-electron chi connectivity index (χ3n) is 4.24. The number of carbonyl (C=O) groups is 2. The number of anilines is 2. The molecule has 0 saturated heterocycles. The van der Waals surface area contributed by atoms with E-state index in [-0.39, 0.29) is 24.9 Å². The molecule has 6 nitrogen and oxygen atoms in total. The molecule has 7 heteroatoms. The third-order valence-corrected chi connectivity index (χ3v) is 4.57. The van der Waals surface area contributed by atoms with Crippen LogP contribution in [0.25, 0.3) is 0 Å². The Hall–Kier alpha value is -3.51. The number of hydrogen-bond donors (Lipinski definition) is 2. The fourth-order valence-electron chi connectivity index (χ4n) is 2.68. The molecular formula is C23H22ClN3O3. The van der Waals surface area contributed by atoms with Gasteiger partial charge in [0.15, 0.2) is 5.75 Å². The number of benzene rings is 3. The van der Waals surface area contributed by atoms with Crippen LogP contribution in [0.3, 0.4) is 0 Å². The van der Waals surface area contributed by atoms with Gasteiger partial charge in [0.2, 0.25) is 11.8 Å². The maximum Gasteiger partial charge on any atom is 0.244 e. The van der Waals surface area contributed by atoms with Crippen molar-refractivity contribution in [1.82, 2.24) is 4.90 Å². The van der Waals surface area contributed by atoms with Crippen LogP contribution in [0.5, 0.6) is 11.5 Å². The van der Waals surface area contributed by atoms with Gasteiger partial charge >= 0.3 is 0 Å². The van der Waals surface area contributed by atoms with Crippen molar-refractivity contribution in [3.05, 3.63) is 83.9 Å². The Kier molecular flexibility index (Phi) is 7.29. The molecule has 0 spiro atoms. The Morgan fingerprint density at radius 1 is 0.900 bits per heavy atom. The minimum absolute atomic E-state index is 0.0189. The molecule has 30 heavy (non-hydrogen) atoms. The Bertz CT molecular complexity index is 1010. The zero-order valence-corrected chi connectivity index (χ0v) is 17.2. The molecule has 3 aromatic carbocycles. The number of ether oxygens (including phenoxy) is 1. The molecule has 0 unspecified atom stereocenters. The molecule has 0 aliphatic rings. The summed E-state index contributed by atoms with van der Waals surface area (Å²) in [5.74, 6) is 0.743. The van der Waals surface area contributed by atoms with E-state index in [0.29, 0.717) is 27.9 Å². The number of nitrogens with one attached hydrogen (secondary N) is 2. The first-order valence-corrected chi connectivity index (χ1v) is 9.75. The molecule has 0 fully saturated rings. The smallest absolute Gasteiger partial charge is 0.244 e. The van der Waals surface area contributed by atoms with Gasteiger partial charge in [0, 0.05) is 7.05 Å². The number of halogens is 1. The van der Waals surface area contributed by atoms with Crippen LogP contribution in [0, 0.1) is 0 Å². The van der Waals surface area contributed by atoms with Gasteiger partial charge in [-0.3, -0.25) is 9.59 Å². The van der Waals surface area contributed by atoms with Crippen molar-refractivity contribution >= 4 is 34.8 Å². The van der Waals surface area contributed by atoms with Gasteiger partial charge in [-0.15, -0.1) is 0 Å². The first-order valence-electron chi connectivity index (χ1n) is 9.37. The third kappa shape index (κ3) is 5.99. The van der Waals surface area contributed by atoms with Gasteiger partial charge in [0.05, 0.1) is 29.5 Å². The van der Waals surface area contributed by atoms with Crippen molar-refractivity contribution in [2.45, 2.75) is 0 Å². The van der Waals surface area contributed by atoms with Crippen molar-refractivity contribution < 1.29 is 14.3 Å². The predicted molar refractivity (Wildman–Crippen MR) is 119 cm³/mol. The molecule has 2 amide bonds. The number of amides is 2. The maximum absolute atomic E-state index is 12.5. The van der Waals surface area contributed by atoms with Crippen LogP contribution in [0.15, 0.2) is 78.9 Å². The average molecular weight is 424 g/mol. The number of carbonyl (C=O) groups excluding carboxylic acids is 2. The second kappa shape index (κ2) is 10.3. The maximum atomic E-state index is 12.5. The van der Waals surface area contributed by atoms with Crippen LogP contribution < -0.4 is 15.4 Å². The second-order valence-corrected chi connectivity index (χ2v) is 6.95. The highest BCUT2D eigenvalue weighted by molar-refractivity contribution is 6.33. The van der Waals surface area contributed by atoms with Gasteiger partial charge in [-0.2, -0.15) is 0 Å². The molecule has 0 aliphatic carbocycles. The molecule has 0 radical (unpaired) electrons. The van der Waals surface area contributed by atoms with Crippen molar-refractivity contribution in [2.24, 2.45) is 0 Å². The highest BCUT2D eigenvalue weighted by atomic mass is 35.5. The first kappa shape index (κ1) is 21.2. The van der Waals surface area contributed by atoms with Crippen molar-refractivity contribution in [2.75, 3.05) is 30.8 Å². The topological polar surface area (TPSA) is 70.7 Å². The van der Waals surface area contributed by atoms with E-state index >= 15 is 0 Å². The van der Waals surface area contributed by atoms with Gasteiger partial charge < -0.3 is 20.3 Å². The molecule has 0 aliphatic heterocycles. The van der Waals surface area contributed by atoms with Gasteiger partial charge in [0.25, 0.3) is 0 Å². The summed E-state index contributed by atoms with van der Waals surface area (Å²) in [6, 6.07) is 23.7. The van der Waals surface area contributed by atoms with E-state index < -0.39 is 0 Å². The molecule has 3 rings (SSSR count). The first-order chi connectivity index (χ1) is 14.5. The largest absolute Gasteiger partial charge is 0.455 e. The van der Waals surface area contributed by atoms with E-state index in [0.717, 1.165) is 0 Å². The monoisotopic (exact) mass is 423 g/mol. The van der Waals surface area contributed by atoms with E-state index in [2.05, 4.69) is 10.6 Å². The zero-order chi connectivity index (χ0) is 21.3. The van der Waals surface area contributed by atoms with Crippen molar-refractivity contribution in [3.8, 4) is 11.5 Å². The lowest BCUT2D eigenvalue weighted by molar-refractivity contribution is -0.131.